The van der Waals surface area contributed by atoms with Crippen LogP contribution in [-0.4, -0.2) is 76.1 Å². The van der Waals surface area contributed by atoms with Gasteiger partial charge in [0, 0.05) is 36.1 Å². The van der Waals surface area contributed by atoms with Crippen LogP contribution < -0.4 is 4.74 Å². The molecule has 3 heterocycles. The fourth-order valence-electron chi connectivity index (χ4n) is 5.29. The highest BCUT2D eigenvalue weighted by Gasteiger charge is 2.60. The van der Waals surface area contributed by atoms with Gasteiger partial charge in [0.15, 0.2) is 0 Å². The van der Waals surface area contributed by atoms with Crippen molar-refractivity contribution in [3.8, 4) is 11.5 Å². The second-order valence-electron chi connectivity index (χ2n) is 9.52. The number of fused-ring (bicyclic) bond motifs is 4. The monoisotopic (exact) mass is 462 g/mol. The number of aromatic hydroxyl groups is 1. The number of aromatic amines is 1. The Morgan fingerprint density at radius 1 is 1.21 bits per heavy atom. The molecule has 1 aromatic heterocycles. The zero-order chi connectivity index (χ0) is 24.2. The summed E-state index contributed by atoms with van der Waals surface area (Å²) < 4.78 is 5.73. The number of amides is 3. The molecule has 8 heteroatoms. The van der Waals surface area contributed by atoms with E-state index in [2.05, 4.69) is 4.98 Å². The van der Waals surface area contributed by atoms with Crippen molar-refractivity contribution in [1.29, 1.82) is 0 Å². The average Bonchev–Trinajstić information content (AvgIpc) is 3.23. The molecule has 0 aliphatic carbocycles. The summed E-state index contributed by atoms with van der Waals surface area (Å²) in [6, 6.07) is 12.0. The number of urea groups is 1. The van der Waals surface area contributed by atoms with Crippen LogP contribution in [0.2, 0.25) is 0 Å². The number of phenolic OH excluding ortho intramolecular Hbond substituents is 1. The molecule has 3 amide bonds. The Kier molecular flexibility index (Phi) is 5.28. The number of benzene rings is 2. The lowest BCUT2D eigenvalue weighted by Crippen LogP contribution is -2.53. The van der Waals surface area contributed by atoms with Gasteiger partial charge in [-0.05, 0) is 69.4 Å². The Bertz CT molecular complexity index is 1280. The van der Waals surface area contributed by atoms with Crippen LogP contribution in [0.4, 0.5) is 4.79 Å². The van der Waals surface area contributed by atoms with Gasteiger partial charge in [-0.15, -0.1) is 0 Å². The van der Waals surface area contributed by atoms with E-state index in [-0.39, 0.29) is 17.7 Å². The van der Waals surface area contributed by atoms with E-state index in [1.807, 2.05) is 57.1 Å². The molecule has 3 aromatic rings. The number of likely N-dealkylation sites (N-methyl/N-ethyl adjacent to an activating group) is 1. The van der Waals surface area contributed by atoms with E-state index in [4.69, 9.17) is 4.74 Å². The largest absolute Gasteiger partial charge is 0.508 e. The minimum atomic E-state index is -1.04. The Labute approximate surface area is 198 Å². The summed E-state index contributed by atoms with van der Waals surface area (Å²) in [4.78, 5) is 36.0. The first-order valence-corrected chi connectivity index (χ1v) is 11.6. The maximum absolute atomic E-state index is 13.7. The van der Waals surface area contributed by atoms with Crippen molar-refractivity contribution in [1.82, 2.24) is 19.7 Å². The third-order valence-electron chi connectivity index (χ3n) is 6.91. The molecule has 2 aromatic carbocycles. The standard InChI is InChI=1S/C26H30N4O4/c1-5-34-18-9-10-21-19(14-18)20-15-26(2)24(32)29(12-11-28(3)4)25(33)30(26)23(22(20)27-21)16-7-6-8-17(31)13-16/h6-10,13-14,23,27,31H,5,11-12,15H2,1-4H3/t23-,26+/m1/s1. The van der Waals surface area contributed by atoms with Crippen molar-refractivity contribution in [2.45, 2.75) is 31.8 Å². The molecule has 178 valence electrons. The Morgan fingerprint density at radius 2 is 2.00 bits per heavy atom. The van der Waals surface area contributed by atoms with Crippen LogP contribution in [0, 0.1) is 0 Å². The number of phenols is 1. The molecule has 5 rings (SSSR count). The first kappa shape index (κ1) is 22.3. The SMILES string of the molecule is CCOc1ccc2[nH]c3c(c2c1)C[C@@]1(C)C(=O)N(CCN(C)C)C(=O)N1[C@@H]3c1cccc(O)c1. The van der Waals surface area contributed by atoms with Gasteiger partial charge in [0.2, 0.25) is 0 Å². The summed E-state index contributed by atoms with van der Waals surface area (Å²) in [5.74, 6) is 0.689. The van der Waals surface area contributed by atoms with E-state index in [1.165, 1.54) is 4.90 Å². The van der Waals surface area contributed by atoms with Crippen LogP contribution in [0.25, 0.3) is 10.9 Å². The Balaban J connectivity index is 1.70. The molecular formula is C26H30N4O4. The van der Waals surface area contributed by atoms with Crippen LogP contribution in [0.3, 0.4) is 0 Å². The molecule has 2 aliphatic rings. The van der Waals surface area contributed by atoms with Crippen molar-refractivity contribution < 1.29 is 19.4 Å². The van der Waals surface area contributed by atoms with Crippen molar-refractivity contribution >= 4 is 22.8 Å². The Hall–Kier alpha value is -3.52. The lowest BCUT2D eigenvalue weighted by molar-refractivity contribution is -0.133. The third-order valence-corrected chi connectivity index (χ3v) is 6.91. The predicted octanol–water partition coefficient (Wildman–Crippen LogP) is 3.50. The van der Waals surface area contributed by atoms with Crippen LogP contribution in [0.15, 0.2) is 42.5 Å². The fourth-order valence-corrected chi connectivity index (χ4v) is 5.29. The number of nitrogens with one attached hydrogen (secondary N) is 1. The number of nitrogens with zero attached hydrogens (tertiary/aromatic N) is 3. The molecule has 0 bridgehead atoms. The van der Waals surface area contributed by atoms with Gasteiger partial charge < -0.3 is 19.7 Å². The highest BCUT2D eigenvalue weighted by atomic mass is 16.5. The molecule has 0 spiro atoms. The molecule has 34 heavy (non-hydrogen) atoms. The molecule has 2 N–H and O–H groups in total. The van der Waals surface area contributed by atoms with Crippen LogP contribution in [0.1, 0.15) is 36.7 Å². The van der Waals surface area contributed by atoms with Crippen molar-refractivity contribution in [3.05, 3.63) is 59.3 Å². The van der Waals surface area contributed by atoms with Crippen molar-refractivity contribution in [2.75, 3.05) is 33.8 Å². The van der Waals surface area contributed by atoms with E-state index in [0.29, 0.717) is 26.1 Å². The second-order valence-corrected chi connectivity index (χ2v) is 9.52. The first-order chi connectivity index (χ1) is 16.2. The quantitative estimate of drug-likeness (QED) is 0.548. The summed E-state index contributed by atoms with van der Waals surface area (Å²) in [5, 5.41) is 11.2. The minimum absolute atomic E-state index is 0.114. The molecular weight excluding hydrogens is 432 g/mol. The second kappa shape index (κ2) is 8.06. The van der Waals surface area contributed by atoms with Gasteiger partial charge in [0.05, 0.1) is 6.61 Å². The predicted molar refractivity (Wildman–Crippen MR) is 129 cm³/mol. The summed E-state index contributed by atoms with van der Waals surface area (Å²) in [5.41, 5.74) is 2.50. The maximum atomic E-state index is 13.7. The minimum Gasteiger partial charge on any atom is -0.508 e. The van der Waals surface area contributed by atoms with E-state index in [1.54, 1.807) is 23.1 Å². The highest BCUT2D eigenvalue weighted by molar-refractivity contribution is 6.08. The smallest absolute Gasteiger partial charge is 0.328 e. The lowest BCUT2D eigenvalue weighted by Gasteiger charge is -2.42. The molecule has 2 atom stereocenters. The van der Waals surface area contributed by atoms with Crippen LogP contribution in [-0.2, 0) is 11.2 Å². The van der Waals surface area contributed by atoms with E-state index in [9.17, 15) is 14.7 Å². The lowest BCUT2D eigenvalue weighted by atomic mass is 9.81. The van der Waals surface area contributed by atoms with Crippen molar-refractivity contribution in [3.63, 3.8) is 0 Å². The number of carbonyl (C=O) groups is 2. The molecule has 2 aliphatic heterocycles. The zero-order valence-electron chi connectivity index (χ0n) is 20.0. The van der Waals surface area contributed by atoms with Gasteiger partial charge in [0.25, 0.3) is 5.91 Å². The van der Waals surface area contributed by atoms with Gasteiger partial charge in [-0.25, -0.2) is 4.79 Å². The number of ether oxygens (including phenoxy) is 1. The van der Waals surface area contributed by atoms with E-state index in [0.717, 1.165) is 33.5 Å². The highest BCUT2D eigenvalue weighted by Crippen LogP contribution is 2.49. The summed E-state index contributed by atoms with van der Waals surface area (Å²) in [7, 11) is 3.84. The number of rotatable bonds is 6. The van der Waals surface area contributed by atoms with Crippen LogP contribution >= 0.6 is 0 Å². The van der Waals surface area contributed by atoms with Gasteiger partial charge in [0.1, 0.15) is 23.1 Å². The van der Waals surface area contributed by atoms with Crippen LogP contribution in [0.5, 0.6) is 11.5 Å². The maximum Gasteiger partial charge on any atom is 0.328 e. The molecule has 1 fully saturated rings. The summed E-state index contributed by atoms with van der Waals surface area (Å²) in [6.45, 7) is 5.27. The Morgan fingerprint density at radius 3 is 2.71 bits per heavy atom. The number of H-pyrrole nitrogens is 1. The molecule has 0 radical (unpaired) electrons. The number of hydrogen-bond donors (Lipinski definition) is 2. The van der Waals surface area contributed by atoms with Crippen molar-refractivity contribution in [2.24, 2.45) is 0 Å². The number of hydrogen-bond acceptors (Lipinski definition) is 5. The fraction of sp³-hybridized carbons (Fsp3) is 0.385. The van der Waals surface area contributed by atoms with Gasteiger partial charge >= 0.3 is 6.03 Å². The van der Waals surface area contributed by atoms with E-state index < -0.39 is 11.6 Å². The van der Waals surface area contributed by atoms with Gasteiger partial charge in [-0.2, -0.15) is 0 Å². The molecule has 0 unspecified atom stereocenters. The third kappa shape index (κ3) is 3.32. The van der Waals surface area contributed by atoms with Gasteiger partial charge in [-0.1, -0.05) is 12.1 Å². The number of carbonyl (C=O) groups excluding carboxylic acids is 2. The molecule has 0 saturated carbocycles. The molecule has 1 saturated heterocycles. The number of aromatic nitrogens is 1. The average molecular weight is 463 g/mol. The van der Waals surface area contributed by atoms with Gasteiger partial charge in [-0.3, -0.25) is 14.6 Å². The van der Waals surface area contributed by atoms with E-state index >= 15 is 0 Å². The first-order valence-electron chi connectivity index (χ1n) is 11.6. The zero-order valence-corrected chi connectivity index (χ0v) is 20.0. The number of imide groups is 1. The summed E-state index contributed by atoms with van der Waals surface area (Å²) >= 11 is 0. The topological polar surface area (TPSA) is 89.1 Å². The summed E-state index contributed by atoms with van der Waals surface area (Å²) in [6.07, 6.45) is 0.399. The normalized spacial score (nSPS) is 22.0. The molecule has 8 nitrogen and oxygen atoms in total.